The van der Waals surface area contributed by atoms with E-state index in [2.05, 4.69) is 266 Å². The van der Waals surface area contributed by atoms with E-state index in [0.29, 0.717) is 0 Å². The van der Waals surface area contributed by atoms with Gasteiger partial charge in [-0.3, -0.25) is 0 Å². The van der Waals surface area contributed by atoms with Gasteiger partial charge < -0.3 is 4.90 Å². The molecule has 1 heteroatoms. The molecule has 11 aromatic carbocycles. The minimum absolute atomic E-state index is 0.504. The summed E-state index contributed by atoms with van der Waals surface area (Å²) in [5, 5.41) is 5.00. The highest BCUT2D eigenvalue weighted by molar-refractivity contribution is 5.92. The Kier molecular flexibility index (Phi) is 9.13. The van der Waals surface area contributed by atoms with Crippen LogP contribution in [-0.2, 0) is 5.41 Å². The lowest BCUT2D eigenvalue weighted by atomic mass is 9.67. The molecular weight excluding hydrogens is 771 g/mol. The molecule has 0 bridgehead atoms. The topological polar surface area (TPSA) is 3.24 Å². The summed E-state index contributed by atoms with van der Waals surface area (Å²) in [6, 6.07) is 95.9. The van der Waals surface area contributed by atoms with E-state index in [0.717, 1.165) is 17.1 Å². The van der Waals surface area contributed by atoms with Crippen molar-refractivity contribution in [2.24, 2.45) is 0 Å². The van der Waals surface area contributed by atoms with Crippen LogP contribution in [0.1, 0.15) is 22.3 Å². The van der Waals surface area contributed by atoms with Gasteiger partial charge in [0, 0.05) is 17.1 Å². The maximum atomic E-state index is 2.45. The van der Waals surface area contributed by atoms with Gasteiger partial charge in [0.05, 0.1) is 5.41 Å². The molecule has 0 radical (unpaired) electrons. The second-order valence-corrected chi connectivity index (χ2v) is 16.9. The van der Waals surface area contributed by atoms with E-state index in [1.165, 1.54) is 88.3 Å². The van der Waals surface area contributed by atoms with Crippen molar-refractivity contribution in [3.8, 4) is 44.5 Å². The molecule has 0 spiro atoms. The highest BCUT2D eigenvalue weighted by atomic mass is 15.1. The largest absolute Gasteiger partial charge is 0.310 e. The van der Waals surface area contributed by atoms with Gasteiger partial charge in [-0.2, -0.15) is 0 Å². The molecule has 11 aromatic rings. The Balaban J connectivity index is 0.996. The predicted octanol–water partition coefficient (Wildman–Crippen LogP) is 16.8. The van der Waals surface area contributed by atoms with Crippen LogP contribution >= 0.6 is 0 Å². The fraction of sp³-hybridized carbons (Fsp3) is 0.0159. The molecule has 0 saturated carbocycles. The van der Waals surface area contributed by atoms with Gasteiger partial charge >= 0.3 is 0 Å². The van der Waals surface area contributed by atoms with Gasteiger partial charge in [-0.05, 0) is 143 Å². The van der Waals surface area contributed by atoms with Crippen LogP contribution in [0.15, 0.2) is 261 Å². The monoisotopic (exact) mass is 813 g/mol. The maximum Gasteiger partial charge on any atom is 0.0714 e. The first kappa shape index (κ1) is 37.5. The summed E-state index contributed by atoms with van der Waals surface area (Å²) in [5.41, 5.74) is 17.6. The molecule has 0 atom stereocenters. The summed E-state index contributed by atoms with van der Waals surface area (Å²) >= 11 is 0. The first-order valence-corrected chi connectivity index (χ1v) is 22.2. The predicted molar refractivity (Wildman–Crippen MR) is 270 cm³/mol. The number of hydrogen-bond acceptors (Lipinski definition) is 1. The smallest absolute Gasteiger partial charge is 0.0714 e. The molecule has 0 heterocycles. The van der Waals surface area contributed by atoms with Crippen molar-refractivity contribution in [2.45, 2.75) is 5.41 Å². The minimum Gasteiger partial charge on any atom is -0.310 e. The Morgan fingerprint density at radius 1 is 0.234 bits per heavy atom. The Hall–Kier alpha value is -8.26. The zero-order chi connectivity index (χ0) is 42.5. The quantitative estimate of drug-likeness (QED) is 0.148. The molecule has 0 unspecified atom stereocenters. The van der Waals surface area contributed by atoms with Crippen LogP contribution in [0.25, 0.3) is 66.1 Å². The third-order valence-corrected chi connectivity index (χ3v) is 13.3. The molecule has 1 aliphatic carbocycles. The van der Waals surface area contributed by atoms with Crippen LogP contribution in [0, 0.1) is 0 Å². The molecule has 0 saturated heterocycles. The summed E-state index contributed by atoms with van der Waals surface area (Å²) in [6.45, 7) is 0. The average molecular weight is 814 g/mol. The molecule has 64 heavy (non-hydrogen) atoms. The van der Waals surface area contributed by atoms with E-state index in [1.54, 1.807) is 0 Å². The van der Waals surface area contributed by atoms with Crippen LogP contribution < -0.4 is 4.90 Å². The highest BCUT2D eigenvalue weighted by Gasteiger charge is 2.46. The standard InChI is InChI=1S/C63H43N/c1-3-20-54(21-4-1)63(55-22-5-2-6-23-55)61-25-12-11-24-59(61)60-39-38-58(43-62(60)63)64(57-36-32-47(33-37-57)52-28-26-44-14-7-9-16-48(44)41-52)56-34-30-46(31-35-56)50-18-13-19-51(40-50)53-29-27-45-15-8-10-17-49(45)42-53/h1-43H. The molecule has 0 fully saturated rings. The lowest BCUT2D eigenvalue weighted by Crippen LogP contribution is -2.28. The Morgan fingerprint density at radius 2 is 0.656 bits per heavy atom. The molecule has 1 aliphatic rings. The van der Waals surface area contributed by atoms with Crippen molar-refractivity contribution >= 4 is 38.6 Å². The second-order valence-electron chi connectivity index (χ2n) is 16.9. The van der Waals surface area contributed by atoms with E-state index in [1.807, 2.05) is 0 Å². The van der Waals surface area contributed by atoms with Gasteiger partial charge in [0.25, 0.3) is 0 Å². The normalized spacial score (nSPS) is 12.5. The molecule has 0 aromatic heterocycles. The summed E-state index contributed by atoms with van der Waals surface area (Å²) in [5.74, 6) is 0. The summed E-state index contributed by atoms with van der Waals surface area (Å²) in [6.07, 6.45) is 0. The minimum atomic E-state index is -0.504. The Bertz CT molecular complexity index is 3440. The van der Waals surface area contributed by atoms with E-state index in [9.17, 15) is 0 Å². The fourth-order valence-electron chi connectivity index (χ4n) is 10.2. The number of rotatable bonds is 8. The zero-order valence-electron chi connectivity index (χ0n) is 35.3. The highest BCUT2D eigenvalue weighted by Crippen LogP contribution is 2.57. The summed E-state index contributed by atoms with van der Waals surface area (Å²) in [4.78, 5) is 2.42. The third-order valence-electron chi connectivity index (χ3n) is 13.3. The molecule has 0 amide bonds. The van der Waals surface area contributed by atoms with Crippen molar-refractivity contribution in [1.29, 1.82) is 0 Å². The zero-order valence-corrected chi connectivity index (χ0v) is 35.3. The fourth-order valence-corrected chi connectivity index (χ4v) is 10.2. The first-order chi connectivity index (χ1) is 31.7. The number of fused-ring (bicyclic) bond motifs is 5. The SMILES string of the molecule is c1ccc(C2(c3ccccc3)c3ccccc3-c3ccc(N(c4ccc(-c5cccc(-c6ccc7ccccc7c6)c5)cc4)c4ccc(-c5ccc6ccccc6c5)cc4)cc32)cc1. The Morgan fingerprint density at radius 3 is 1.23 bits per heavy atom. The van der Waals surface area contributed by atoms with E-state index >= 15 is 0 Å². The lowest BCUT2D eigenvalue weighted by Gasteiger charge is -2.35. The number of hydrogen-bond donors (Lipinski definition) is 0. The van der Waals surface area contributed by atoms with Gasteiger partial charge in [-0.1, -0.05) is 206 Å². The molecular formula is C63H43N. The Labute approximate surface area is 374 Å². The van der Waals surface area contributed by atoms with Gasteiger partial charge in [-0.25, -0.2) is 0 Å². The van der Waals surface area contributed by atoms with E-state index < -0.39 is 5.41 Å². The van der Waals surface area contributed by atoms with Gasteiger partial charge in [-0.15, -0.1) is 0 Å². The average Bonchev–Trinajstić information content (AvgIpc) is 3.67. The van der Waals surface area contributed by atoms with Crippen molar-refractivity contribution in [1.82, 2.24) is 0 Å². The summed E-state index contributed by atoms with van der Waals surface area (Å²) < 4.78 is 0. The van der Waals surface area contributed by atoms with Crippen molar-refractivity contribution < 1.29 is 0 Å². The third kappa shape index (κ3) is 6.32. The van der Waals surface area contributed by atoms with Crippen molar-refractivity contribution in [3.63, 3.8) is 0 Å². The number of benzene rings is 11. The van der Waals surface area contributed by atoms with E-state index in [4.69, 9.17) is 0 Å². The number of anilines is 3. The molecule has 0 N–H and O–H groups in total. The van der Waals surface area contributed by atoms with Crippen LogP contribution in [0.4, 0.5) is 17.1 Å². The number of nitrogens with zero attached hydrogens (tertiary/aromatic N) is 1. The molecule has 1 nitrogen and oxygen atoms in total. The van der Waals surface area contributed by atoms with Crippen LogP contribution in [0.2, 0.25) is 0 Å². The second kappa shape index (κ2) is 15.6. The first-order valence-electron chi connectivity index (χ1n) is 22.2. The van der Waals surface area contributed by atoms with Gasteiger partial charge in [0.2, 0.25) is 0 Å². The lowest BCUT2D eigenvalue weighted by molar-refractivity contribution is 0.768. The van der Waals surface area contributed by atoms with Crippen LogP contribution in [0.3, 0.4) is 0 Å². The van der Waals surface area contributed by atoms with Gasteiger partial charge in [0.15, 0.2) is 0 Å². The van der Waals surface area contributed by atoms with Crippen molar-refractivity contribution in [2.75, 3.05) is 4.90 Å². The maximum absolute atomic E-state index is 2.45. The molecule has 300 valence electrons. The molecule has 0 aliphatic heterocycles. The van der Waals surface area contributed by atoms with Crippen LogP contribution in [-0.4, -0.2) is 0 Å². The van der Waals surface area contributed by atoms with Crippen LogP contribution in [0.5, 0.6) is 0 Å². The van der Waals surface area contributed by atoms with E-state index in [-0.39, 0.29) is 0 Å². The molecule has 12 rings (SSSR count). The summed E-state index contributed by atoms with van der Waals surface area (Å²) in [7, 11) is 0. The van der Waals surface area contributed by atoms with Gasteiger partial charge in [0.1, 0.15) is 0 Å². The van der Waals surface area contributed by atoms with Crippen molar-refractivity contribution in [3.05, 3.63) is 283 Å².